The Kier molecular flexibility index (Phi) is 5.85. The van der Waals surface area contributed by atoms with Gasteiger partial charge in [0.2, 0.25) is 11.1 Å². The molecule has 7 nitrogen and oxygen atoms in total. The Morgan fingerprint density at radius 3 is 2.67 bits per heavy atom. The van der Waals surface area contributed by atoms with Crippen molar-refractivity contribution in [3.05, 3.63) is 48.5 Å². The predicted octanol–water partition coefficient (Wildman–Crippen LogP) is 4.52. The van der Waals surface area contributed by atoms with Crippen LogP contribution in [0.1, 0.15) is 20.3 Å². The van der Waals surface area contributed by atoms with E-state index in [0.717, 1.165) is 28.6 Å². The Bertz CT molecular complexity index is 1210. The summed E-state index contributed by atoms with van der Waals surface area (Å²) in [5, 5.41) is 12.8. The number of fused-ring (bicyclic) bond motifs is 3. The molecule has 0 saturated heterocycles. The molecule has 1 amide bonds. The van der Waals surface area contributed by atoms with E-state index in [4.69, 9.17) is 9.72 Å². The number of aryl methyl sites for hydroxylation is 1. The molecular formula is C22H23N5O2S. The van der Waals surface area contributed by atoms with Crippen LogP contribution in [0.25, 0.3) is 22.1 Å². The molecule has 0 radical (unpaired) electrons. The van der Waals surface area contributed by atoms with Gasteiger partial charge < -0.3 is 14.6 Å². The second-order valence-corrected chi connectivity index (χ2v) is 7.90. The lowest BCUT2D eigenvalue weighted by atomic mass is 10.2. The maximum absolute atomic E-state index is 12.9. The number of amides is 1. The minimum absolute atomic E-state index is 0.119. The molecule has 0 aliphatic carbocycles. The summed E-state index contributed by atoms with van der Waals surface area (Å²) in [5.41, 5.74) is 3.30. The highest BCUT2D eigenvalue weighted by Crippen LogP contribution is 2.30. The molecule has 2 heterocycles. The highest BCUT2D eigenvalue weighted by atomic mass is 32.2. The molecule has 2 aromatic heterocycles. The number of nitrogens with zero attached hydrogens (tertiary/aromatic N) is 4. The van der Waals surface area contributed by atoms with Gasteiger partial charge in [0.05, 0.1) is 23.6 Å². The molecule has 1 atom stereocenters. The minimum Gasteiger partial charge on any atom is -0.495 e. The number of anilines is 1. The number of thioether (sulfide) groups is 1. The van der Waals surface area contributed by atoms with E-state index in [-0.39, 0.29) is 11.2 Å². The third kappa shape index (κ3) is 3.70. The number of methoxy groups -OCH3 is 1. The second kappa shape index (κ2) is 8.71. The van der Waals surface area contributed by atoms with Crippen LogP contribution in [-0.4, -0.2) is 38.0 Å². The quantitative estimate of drug-likeness (QED) is 0.442. The standard InChI is InChI=1S/C22H23N5O2S/c1-4-18(21(28)23-15-11-7-9-13-17(15)29-3)30-22-24-20-19(25-26-22)14-10-6-8-12-16(14)27(20)5-2/h6-13,18H,4-5H2,1-3H3,(H,23,28)/t18-/m0/s1. The summed E-state index contributed by atoms with van der Waals surface area (Å²) in [6, 6.07) is 15.4. The number of rotatable bonds is 7. The number of para-hydroxylation sites is 3. The smallest absolute Gasteiger partial charge is 0.238 e. The summed E-state index contributed by atoms with van der Waals surface area (Å²) >= 11 is 1.32. The van der Waals surface area contributed by atoms with Gasteiger partial charge in [-0.25, -0.2) is 4.98 Å². The zero-order valence-corrected chi connectivity index (χ0v) is 17.9. The maximum Gasteiger partial charge on any atom is 0.238 e. The Morgan fingerprint density at radius 1 is 1.13 bits per heavy atom. The summed E-state index contributed by atoms with van der Waals surface area (Å²) in [6.07, 6.45) is 0.629. The Labute approximate surface area is 178 Å². The Hall–Kier alpha value is -3.13. The minimum atomic E-state index is -0.353. The topological polar surface area (TPSA) is 81.9 Å². The van der Waals surface area contributed by atoms with Gasteiger partial charge in [-0.05, 0) is 31.5 Å². The average Bonchev–Trinajstić information content (AvgIpc) is 3.10. The van der Waals surface area contributed by atoms with E-state index in [0.29, 0.717) is 23.0 Å². The summed E-state index contributed by atoms with van der Waals surface area (Å²) in [7, 11) is 1.58. The summed E-state index contributed by atoms with van der Waals surface area (Å²) in [4.78, 5) is 17.6. The van der Waals surface area contributed by atoms with Crippen LogP contribution in [0.2, 0.25) is 0 Å². The lowest BCUT2D eigenvalue weighted by Gasteiger charge is -2.15. The molecule has 0 unspecified atom stereocenters. The third-order valence-corrected chi connectivity index (χ3v) is 6.16. The highest BCUT2D eigenvalue weighted by Gasteiger charge is 2.22. The molecule has 30 heavy (non-hydrogen) atoms. The normalized spacial score (nSPS) is 12.2. The molecule has 2 aromatic carbocycles. The van der Waals surface area contributed by atoms with Gasteiger partial charge in [-0.3, -0.25) is 4.79 Å². The lowest BCUT2D eigenvalue weighted by Crippen LogP contribution is -2.25. The number of aromatic nitrogens is 4. The number of nitrogens with one attached hydrogen (secondary N) is 1. The van der Waals surface area contributed by atoms with Crippen molar-refractivity contribution >= 4 is 45.4 Å². The van der Waals surface area contributed by atoms with Gasteiger partial charge in [0, 0.05) is 11.9 Å². The molecule has 0 aliphatic rings. The van der Waals surface area contributed by atoms with Crippen LogP contribution in [0.5, 0.6) is 5.75 Å². The van der Waals surface area contributed by atoms with Crippen molar-refractivity contribution < 1.29 is 9.53 Å². The fraction of sp³-hybridized carbons (Fsp3) is 0.273. The molecule has 154 valence electrons. The first-order chi connectivity index (χ1) is 14.7. The second-order valence-electron chi connectivity index (χ2n) is 6.73. The van der Waals surface area contributed by atoms with Crippen LogP contribution >= 0.6 is 11.8 Å². The van der Waals surface area contributed by atoms with Crippen LogP contribution in [0.15, 0.2) is 53.7 Å². The fourth-order valence-corrected chi connectivity index (χ4v) is 4.28. The molecule has 4 rings (SSSR count). The Balaban J connectivity index is 1.61. The molecule has 4 aromatic rings. The van der Waals surface area contributed by atoms with Gasteiger partial charge in [0.25, 0.3) is 0 Å². The van der Waals surface area contributed by atoms with Crippen LogP contribution in [0.4, 0.5) is 5.69 Å². The molecule has 8 heteroatoms. The van der Waals surface area contributed by atoms with E-state index in [1.54, 1.807) is 7.11 Å². The van der Waals surface area contributed by atoms with Crippen molar-refractivity contribution in [1.29, 1.82) is 0 Å². The van der Waals surface area contributed by atoms with Gasteiger partial charge in [-0.1, -0.05) is 49.0 Å². The monoisotopic (exact) mass is 421 g/mol. The zero-order valence-electron chi connectivity index (χ0n) is 17.1. The summed E-state index contributed by atoms with van der Waals surface area (Å²) in [5.74, 6) is 0.504. The highest BCUT2D eigenvalue weighted by molar-refractivity contribution is 8.00. The first-order valence-electron chi connectivity index (χ1n) is 9.88. The largest absolute Gasteiger partial charge is 0.495 e. The number of carbonyl (C=O) groups is 1. The van der Waals surface area contributed by atoms with Gasteiger partial charge in [-0.15, -0.1) is 10.2 Å². The van der Waals surface area contributed by atoms with Crippen LogP contribution < -0.4 is 10.1 Å². The van der Waals surface area contributed by atoms with Crippen molar-refractivity contribution in [2.75, 3.05) is 12.4 Å². The van der Waals surface area contributed by atoms with E-state index in [1.165, 1.54) is 11.8 Å². The molecular weight excluding hydrogens is 398 g/mol. The molecule has 0 spiro atoms. The SMILES string of the molecule is CC[C@H](Sc1nnc2c3ccccc3n(CC)c2n1)C(=O)Nc1ccccc1OC. The van der Waals surface area contributed by atoms with E-state index in [2.05, 4.69) is 33.1 Å². The van der Waals surface area contributed by atoms with Gasteiger partial charge in [0.1, 0.15) is 11.3 Å². The van der Waals surface area contributed by atoms with Gasteiger partial charge >= 0.3 is 0 Å². The number of benzene rings is 2. The Morgan fingerprint density at radius 2 is 1.90 bits per heavy atom. The van der Waals surface area contributed by atoms with Gasteiger partial charge in [0.15, 0.2) is 5.65 Å². The van der Waals surface area contributed by atoms with Crippen molar-refractivity contribution in [2.45, 2.75) is 37.2 Å². The average molecular weight is 422 g/mol. The third-order valence-electron chi connectivity index (χ3n) is 4.95. The van der Waals surface area contributed by atoms with E-state index in [1.807, 2.05) is 49.4 Å². The van der Waals surface area contributed by atoms with E-state index < -0.39 is 0 Å². The van der Waals surface area contributed by atoms with Crippen LogP contribution in [0.3, 0.4) is 0 Å². The fourth-order valence-electron chi connectivity index (χ4n) is 3.47. The van der Waals surface area contributed by atoms with Crippen LogP contribution in [-0.2, 0) is 11.3 Å². The number of carbonyl (C=O) groups excluding carboxylic acids is 1. The van der Waals surface area contributed by atoms with E-state index >= 15 is 0 Å². The number of ether oxygens (including phenoxy) is 1. The van der Waals surface area contributed by atoms with Crippen LogP contribution in [0, 0.1) is 0 Å². The maximum atomic E-state index is 12.9. The van der Waals surface area contributed by atoms with Crippen molar-refractivity contribution in [1.82, 2.24) is 19.7 Å². The lowest BCUT2D eigenvalue weighted by molar-refractivity contribution is -0.115. The predicted molar refractivity (Wildman–Crippen MR) is 120 cm³/mol. The van der Waals surface area contributed by atoms with Crippen molar-refractivity contribution in [2.24, 2.45) is 0 Å². The summed E-state index contributed by atoms with van der Waals surface area (Å²) < 4.78 is 7.45. The molecule has 0 saturated carbocycles. The summed E-state index contributed by atoms with van der Waals surface area (Å²) in [6.45, 7) is 4.82. The zero-order chi connectivity index (χ0) is 21.1. The van der Waals surface area contributed by atoms with E-state index in [9.17, 15) is 4.79 Å². The van der Waals surface area contributed by atoms with Crippen molar-refractivity contribution in [3.8, 4) is 5.75 Å². The number of hydrogen-bond donors (Lipinski definition) is 1. The molecule has 0 bridgehead atoms. The molecule has 0 aliphatic heterocycles. The molecule has 0 fully saturated rings. The number of hydrogen-bond acceptors (Lipinski definition) is 6. The first-order valence-corrected chi connectivity index (χ1v) is 10.8. The first kappa shape index (κ1) is 20.2. The van der Waals surface area contributed by atoms with Crippen molar-refractivity contribution in [3.63, 3.8) is 0 Å². The van der Waals surface area contributed by atoms with Gasteiger partial charge in [-0.2, -0.15) is 0 Å². The molecule has 1 N–H and O–H groups in total.